The summed E-state index contributed by atoms with van der Waals surface area (Å²) in [6, 6.07) is 6.93. The van der Waals surface area contributed by atoms with Crippen LogP contribution in [0.4, 0.5) is 0 Å². The highest BCUT2D eigenvalue weighted by atomic mass is 16.5. The minimum absolute atomic E-state index is 0.0464. The minimum Gasteiger partial charge on any atom is -0.484 e. The molecule has 126 valence electrons. The fourth-order valence-electron chi connectivity index (χ4n) is 2.37. The standard InChI is InChI=1S/C17H24N2O4/c1-17(2)12-19(8-9-23-17)16(21)13-6-5-7-14(10-13)22-11-15(20)18(3)4/h5-7,10H,8-9,11-12H2,1-4H3. The molecule has 0 saturated carbocycles. The summed E-state index contributed by atoms with van der Waals surface area (Å²) in [5.41, 5.74) is 0.220. The number of carbonyl (C=O) groups excluding carboxylic acids is 2. The van der Waals surface area contributed by atoms with Gasteiger partial charge in [0.05, 0.1) is 12.2 Å². The van der Waals surface area contributed by atoms with E-state index < -0.39 is 0 Å². The Kier molecular flexibility index (Phi) is 5.26. The van der Waals surface area contributed by atoms with E-state index in [0.29, 0.717) is 31.0 Å². The number of hydrogen-bond donors (Lipinski definition) is 0. The van der Waals surface area contributed by atoms with Gasteiger partial charge in [0.25, 0.3) is 11.8 Å². The molecule has 0 spiro atoms. The Hall–Kier alpha value is -2.08. The number of carbonyl (C=O) groups is 2. The van der Waals surface area contributed by atoms with Gasteiger partial charge in [-0.1, -0.05) is 6.07 Å². The topological polar surface area (TPSA) is 59.1 Å². The first-order valence-corrected chi connectivity index (χ1v) is 7.65. The molecule has 1 aromatic carbocycles. The lowest BCUT2D eigenvalue weighted by molar-refractivity contribution is -0.130. The first-order valence-electron chi connectivity index (χ1n) is 7.65. The summed E-state index contributed by atoms with van der Waals surface area (Å²) in [5, 5.41) is 0. The summed E-state index contributed by atoms with van der Waals surface area (Å²) in [6.07, 6.45) is 0. The lowest BCUT2D eigenvalue weighted by Crippen LogP contribution is -2.50. The highest BCUT2D eigenvalue weighted by molar-refractivity contribution is 5.94. The minimum atomic E-state index is -0.333. The average molecular weight is 320 g/mol. The molecule has 6 nitrogen and oxygen atoms in total. The predicted octanol–water partition coefficient (Wildman–Crippen LogP) is 1.40. The van der Waals surface area contributed by atoms with Crippen molar-refractivity contribution in [2.24, 2.45) is 0 Å². The van der Waals surface area contributed by atoms with Gasteiger partial charge in [-0.3, -0.25) is 9.59 Å². The van der Waals surface area contributed by atoms with Gasteiger partial charge in [-0.05, 0) is 32.0 Å². The Morgan fingerprint density at radius 2 is 2.09 bits per heavy atom. The van der Waals surface area contributed by atoms with Crippen LogP contribution < -0.4 is 4.74 Å². The van der Waals surface area contributed by atoms with Gasteiger partial charge < -0.3 is 19.3 Å². The molecule has 1 fully saturated rings. The predicted molar refractivity (Wildman–Crippen MR) is 86.6 cm³/mol. The molecule has 1 heterocycles. The average Bonchev–Trinajstić information content (AvgIpc) is 2.51. The van der Waals surface area contributed by atoms with Crippen molar-refractivity contribution in [3.63, 3.8) is 0 Å². The zero-order valence-corrected chi connectivity index (χ0v) is 14.2. The molecule has 0 atom stereocenters. The molecule has 1 aliphatic heterocycles. The fourth-order valence-corrected chi connectivity index (χ4v) is 2.37. The normalized spacial score (nSPS) is 16.8. The van der Waals surface area contributed by atoms with Crippen LogP contribution in [0.3, 0.4) is 0 Å². The van der Waals surface area contributed by atoms with Crippen molar-refractivity contribution < 1.29 is 19.1 Å². The molecule has 23 heavy (non-hydrogen) atoms. The van der Waals surface area contributed by atoms with E-state index >= 15 is 0 Å². The van der Waals surface area contributed by atoms with Crippen LogP contribution >= 0.6 is 0 Å². The number of hydrogen-bond acceptors (Lipinski definition) is 4. The highest BCUT2D eigenvalue weighted by Gasteiger charge is 2.30. The van der Waals surface area contributed by atoms with Gasteiger partial charge in [0.15, 0.2) is 6.61 Å². The summed E-state index contributed by atoms with van der Waals surface area (Å²) < 4.78 is 11.1. The van der Waals surface area contributed by atoms with Gasteiger partial charge in [0.1, 0.15) is 5.75 Å². The van der Waals surface area contributed by atoms with E-state index in [1.165, 1.54) is 4.90 Å². The number of ether oxygens (including phenoxy) is 2. The van der Waals surface area contributed by atoms with Gasteiger partial charge in [-0.2, -0.15) is 0 Å². The summed E-state index contributed by atoms with van der Waals surface area (Å²) in [5.74, 6) is 0.334. The van der Waals surface area contributed by atoms with E-state index in [9.17, 15) is 9.59 Å². The van der Waals surface area contributed by atoms with Crippen LogP contribution in [0.2, 0.25) is 0 Å². The van der Waals surface area contributed by atoms with Crippen LogP contribution in [-0.2, 0) is 9.53 Å². The summed E-state index contributed by atoms with van der Waals surface area (Å²) in [6.45, 7) is 5.56. The number of morpholine rings is 1. The molecule has 0 aromatic heterocycles. The van der Waals surface area contributed by atoms with E-state index in [1.54, 1.807) is 43.3 Å². The van der Waals surface area contributed by atoms with Crippen molar-refractivity contribution in [3.05, 3.63) is 29.8 Å². The van der Waals surface area contributed by atoms with Gasteiger partial charge in [0, 0.05) is 32.7 Å². The molecule has 0 N–H and O–H groups in total. The zero-order valence-electron chi connectivity index (χ0n) is 14.2. The molecule has 0 radical (unpaired) electrons. The summed E-state index contributed by atoms with van der Waals surface area (Å²) >= 11 is 0. The Morgan fingerprint density at radius 1 is 1.35 bits per heavy atom. The third-order valence-electron chi connectivity index (χ3n) is 3.65. The molecule has 1 saturated heterocycles. The van der Waals surface area contributed by atoms with Crippen LogP contribution in [0.5, 0.6) is 5.75 Å². The molecule has 1 aromatic rings. The highest BCUT2D eigenvalue weighted by Crippen LogP contribution is 2.20. The number of likely N-dealkylation sites (N-methyl/N-ethyl adjacent to an activating group) is 1. The van der Waals surface area contributed by atoms with Crippen molar-refractivity contribution in [2.75, 3.05) is 40.4 Å². The summed E-state index contributed by atoms with van der Waals surface area (Å²) in [4.78, 5) is 27.4. The Morgan fingerprint density at radius 3 is 2.74 bits per heavy atom. The van der Waals surface area contributed by atoms with Crippen molar-refractivity contribution in [2.45, 2.75) is 19.4 Å². The number of amides is 2. The van der Waals surface area contributed by atoms with Crippen molar-refractivity contribution in [1.82, 2.24) is 9.80 Å². The van der Waals surface area contributed by atoms with Crippen LogP contribution in [0.15, 0.2) is 24.3 Å². The second-order valence-electron chi connectivity index (χ2n) is 6.44. The van der Waals surface area contributed by atoms with E-state index in [0.717, 1.165) is 0 Å². The van der Waals surface area contributed by atoms with Crippen LogP contribution in [0, 0.1) is 0 Å². The fraction of sp³-hybridized carbons (Fsp3) is 0.529. The Bertz CT molecular complexity index is 584. The first kappa shape index (κ1) is 17.3. The van der Waals surface area contributed by atoms with Gasteiger partial charge in [0.2, 0.25) is 0 Å². The summed E-state index contributed by atoms with van der Waals surface area (Å²) in [7, 11) is 3.34. The maximum Gasteiger partial charge on any atom is 0.259 e. The Balaban J connectivity index is 2.04. The molecular formula is C17H24N2O4. The van der Waals surface area contributed by atoms with Crippen molar-refractivity contribution in [3.8, 4) is 5.75 Å². The zero-order chi connectivity index (χ0) is 17.0. The van der Waals surface area contributed by atoms with Crippen molar-refractivity contribution >= 4 is 11.8 Å². The van der Waals surface area contributed by atoms with E-state index in [2.05, 4.69) is 0 Å². The molecule has 2 amide bonds. The third kappa shape index (κ3) is 4.69. The first-order chi connectivity index (χ1) is 10.8. The quantitative estimate of drug-likeness (QED) is 0.841. The van der Waals surface area contributed by atoms with E-state index in [1.807, 2.05) is 13.8 Å². The molecule has 6 heteroatoms. The number of benzene rings is 1. The monoisotopic (exact) mass is 320 g/mol. The SMILES string of the molecule is CN(C)C(=O)COc1cccc(C(=O)N2CCOC(C)(C)C2)c1. The second-order valence-corrected chi connectivity index (χ2v) is 6.44. The lowest BCUT2D eigenvalue weighted by atomic mass is 10.1. The molecule has 0 unspecified atom stereocenters. The van der Waals surface area contributed by atoms with Crippen LogP contribution in [0.25, 0.3) is 0 Å². The van der Waals surface area contributed by atoms with Gasteiger partial charge in [-0.25, -0.2) is 0 Å². The maximum absolute atomic E-state index is 12.6. The maximum atomic E-state index is 12.6. The van der Waals surface area contributed by atoms with Gasteiger partial charge in [-0.15, -0.1) is 0 Å². The molecule has 2 rings (SSSR count). The van der Waals surface area contributed by atoms with Gasteiger partial charge >= 0.3 is 0 Å². The third-order valence-corrected chi connectivity index (χ3v) is 3.65. The molecule has 1 aliphatic rings. The van der Waals surface area contributed by atoms with E-state index in [4.69, 9.17) is 9.47 Å². The lowest BCUT2D eigenvalue weighted by Gasteiger charge is -2.38. The van der Waals surface area contributed by atoms with Crippen LogP contribution in [0.1, 0.15) is 24.2 Å². The largest absolute Gasteiger partial charge is 0.484 e. The van der Waals surface area contributed by atoms with Crippen molar-refractivity contribution in [1.29, 1.82) is 0 Å². The molecule has 0 bridgehead atoms. The smallest absolute Gasteiger partial charge is 0.259 e. The van der Waals surface area contributed by atoms with Crippen LogP contribution in [-0.4, -0.2) is 67.6 Å². The number of nitrogens with zero attached hydrogens (tertiary/aromatic N) is 2. The second kappa shape index (κ2) is 7.00. The molecule has 0 aliphatic carbocycles. The molecular weight excluding hydrogens is 296 g/mol. The number of rotatable bonds is 4. The Labute approximate surface area is 137 Å². The van der Waals surface area contributed by atoms with E-state index in [-0.39, 0.29) is 24.0 Å².